The summed E-state index contributed by atoms with van der Waals surface area (Å²) in [5.41, 5.74) is -1.59. The molecule has 5 heteroatoms. The molecule has 1 fully saturated rings. The smallest absolute Gasteiger partial charge is 0.250 e. The first kappa shape index (κ1) is 9.33. The fourth-order valence-electron chi connectivity index (χ4n) is 1.45. The highest BCUT2D eigenvalue weighted by molar-refractivity contribution is 5.31. The summed E-state index contributed by atoms with van der Waals surface area (Å²) in [5, 5.41) is 2.76. The molecule has 1 aliphatic rings. The largest absolute Gasteiger partial charge is 0.479 e. The lowest BCUT2D eigenvalue weighted by atomic mass is 9.90. The van der Waals surface area contributed by atoms with Gasteiger partial charge in [0.2, 0.25) is 5.88 Å². The first-order valence-corrected chi connectivity index (χ1v) is 4.26. The number of ether oxygens (including phenoxy) is 1. The zero-order valence-electron chi connectivity index (χ0n) is 7.68. The number of alkyl halides is 1. The molecular weight excluding hydrogens is 190 g/mol. The first-order valence-electron chi connectivity index (χ1n) is 4.26. The van der Waals surface area contributed by atoms with Crippen LogP contribution in [0, 0.1) is 5.82 Å². The monoisotopic (exact) mass is 200 g/mol. The van der Waals surface area contributed by atoms with Crippen LogP contribution in [0.4, 0.5) is 8.78 Å². The Morgan fingerprint density at radius 1 is 1.57 bits per heavy atom. The highest BCUT2D eigenvalue weighted by Crippen LogP contribution is 2.33. The van der Waals surface area contributed by atoms with Crippen molar-refractivity contribution >= 4 is 0 Å². The highest BCUT2D eigenvalue weighted by atomic mass is 19.1. The van der Waals surface area contributed by atoms with Gasteiger partial charge in [-0.15, -0.1) is 0 Å². The molecule has 3 nitrogen and oxygen atoms in total. The molecule has 2 heterocycles. The molecule has 0 atom stereocenters. The maximum atomic E-state index is 13.8. The van der Waals surface area contributed by atoms with Crippen molar-refractivity contribution in [2.45, 2.75) is 5.67 Å². The number of hydrogen-bond donors (Lipinski definition) is 1. The standard InChI is InChI=1S/C9H10F2N2O/c1-14-8-7(10)6(2-3-13-8)9(11)4-12-5-9/h2-3,12H,4-5H2,1H3. The van der Waals surface area contributed by atoms with E-state index in [-0.39, 0.29) is 24.5 Å². The summed E-state index contributed by atoms with van der Waals surface area (Å²) in [6, 6.07) is 1.35. The van der Waals surface area contributed by atoms with Crippen LogP contribution >= 0.6 is 0 Å². The van der Waals surface area contributed by atoms with E-state index in [2.05, 4.69) is 15.0 Å². The van der Waals surface area contributed by atoms with Crippen LogP contribution in [0.1, 0.15) is 5.56 Å². The maximum Gasteiger partial charge on any atom is 0.250 e. The molecule has 0 aliphatic carbocycles. The Labute approximate surface area is 80.1 Å². The van der Waals surface area contributed by atoms with Gasteiger partial charge >= 0.3 is 0 Å². The van der Waals surface area contributed by atoms with Gasteiger partial charge in [-0.1, -0.05) is 0 Å². The van der Waals surface area contributed by atoms with Gasteiger partial charge in [-0.3, -0.25) is 0 Å². The summed E-state index contributed by atoms with van der Waals surface area (Å²) in [6.07, 6.45) is 1.34. The molecule has 0 radical (unpaired) electrons. The van der Waals surface area contributed by atoms with Crippen molar-refractivity contribution in [3.8, 4) is 5.88 Å². The van der Waals surface area contributed by atoms with Crippen LogP contribution in [0.15, 0.2) is 12.3 Å². The fraction of sp³-hybridized carbons (Fsp3) is 0.444. The van der Waals surface area contributed by atoms with E-state index in [1.807, 2.05) is 0 Å². The minimum absolute atomic E-state index is 0.0168. The predicted molar refractivity (Wildman–Crippen MR) is 46.4 cm³/mol. The molecule has 2 rings (SSSR count). The van der Waals surface area contributed by atoms with Crippen molar-refractivity contribution in [2.24, 2.45) is 0 Å². The number of nitrogens with one attached hydrogen (secondary N) is 1. The first-order chi connectivity index (χ1) is 6.67. The van der Waals surface area contributed by atoms with Crippen LogP contribution in [0.5, 0.6) is 5.88 Å². The Bertz CT molecular complexity index is 353. The van der Waals surface area contributed by atoms with Crippen LogP contribution in [0.25, 0.3) is 0 Å². The van der Waals surface area contributed by atoms with Crippen molar-refractivity contribution in [2.75, 3.05) is 20.2 Å². The number of aromatic nitrogens is 1. The SMILES string of the molecule is COc1nccc(C2(F)CNC2)c1F. The lowest BCUT2D eigenvalue weighted by Gasteiger charge is -2.35. The number of methoxy groups -OCH3 is 1. The van der Waals surface area contributed by atoms with E-state index >= 15 is 0 Å². The molecule has 1 aromatic heterocycles. The van der Waals surface area contributed by atoms with Crippen molar-refractivity contribution in [3.63, 3.8) is 0 Å². The van der Waals surface area contributed by atoms with Crippen molar-refractivity contribution < 1.29 is 13.5 Å². The van der Waals surface area contributed by atoms with Crippen LogP contribution in [-0.4, -0.2) is 25.2 Å². The van der Waals surface area contributed by atoms with Gasteiger partial charge in [0, 0.05) is 24.8 Å². The summed E-state index contributed by atoms with van der Waals surface area (Å²) in [7, 11) is 1.30. The van der Waals surface area contributed by atoms with Crippen molar-refractivity contribution in [1.29, 1.82) is 0 Å². The maximum absolute atomic E-state index is 13.8. The van der Waals surface area contributed by atoms with Crippen molar-refractivity contribution in [1.82, 2.24) is 10.3 Å². The molecule has 0 saturated carbocycles. The number of rotatable bonds is 2. The van der Waals surface area contributed by atoms with E-state index in [0.29, 0.717) is 0 Å². The average molecular weight is 200 g/mol. The summed E-state index contributed by atoms with van der Waals surface area (Å²) in [6.45, 7) is 0.272. The molecule has 1 N–H and O–H groups in total. The second kappa shape index (κ2) is 3.16. The molecule has 0 spiro atoms. The minimum Gasteiger partial charge on any atom is -0.479 e. The Hall–Kier alpha value is -1.23. The Balaban J connectivity index is 2.43. The van der Waals surface area contributed by atoms with Crippen LogP contribution in [0.3, 0.4) is 0 Å². The fourth-order valence-corrected chi connectivity index (χ4v) is 1.45. The lowest BCUT2D eigenvalue weighted by Crippen LogP contribution is -2.54. The number of pyridine rings is 1. The molecule has 1 saturated heterocycles. The van der Waals surface area contributed by atoms with Gasteiger partial charge in [-0.25, -0.2) is 13.8 Å². The van der Waals surface area contributed by atoms with Gasteiger partial charge < -0.3 is 10.1 Å². The van der Waals surface area contributed by atoms with Gasteiger partial charge in [0.1, 0.15) is 0 Å². The third-order valence-corrected chi connectivity index (χ3v) is 2.34. The number of halogens is 2. The molecule has 0 bridgehead atoms. The molecule has 1 aromatic rings. The quantitative estimate of drug-likeness (QED) is 0.773. The molecule has 14 heavy (non-hydrogen) atoms. The summed E-state index contributed by atoms with van der Waals surface area (Å²) >= 11 is 0. The van der Waals surface area contributed by atoms with Crippen LogP contribution in [0.2, 0.25) is 0 Å². The molecule has 1 aliphatic heterocycles. The summed E-state index contributed by atoms with van der Waals surface area (Å²) in [4.78, 5) is 3.65. The van der Waals surface area contributed by atoms with Gasteiger partial charge in [0.05, 0.1) is 7.11 Å². The van der Waals surface area contributed by atoms with Crippen LogP contribution < -0.4 is 10.1 Å². The van der Waals surface area contributed by atoms with Crippen molar-refractivity contribution in [3.05, 3.63) is 23.6 Å². The predicted octanol–water partition coefficient (Wildman–Crippen LogP) is 0.997. The van der Waals surface area contributed by atoms with E-state index in [9.17, 15) is 8.78 Å². The average Bonchev–Trinajstić information content (AvgIpc) is 2.15. The summed E-state index contributed by atoms with van der Waals surface area (Å²) < 4.78 is 32.0. The van der Waals surface area contributed by atoms with E-state index < -0.39 is 11.5 Å². The van der Waals surface area contributed by atoms with E-state index in [4.69, 9.17) is 0 Å². The third-order valence-electron chi connectivity index (χ3n) is 2.34. The summed E-state index contributed by atoms with van der Waals surface area (Å²) in [5.74, 6) is -0.870. The second-order valence-electron chi connectivity index (χ2n) is 3.25. The second-order valence-corrected chi connectivity index (χ2v) is 3.25. The normalized spacial score (nSPS) is 18.8. The number of hydrogen-bond acceptors (Lipinski definition) is 3. The third kappa shape index (κ3) is 1.24. The number of nitrogens with zero attached hydrogens (tertiary/aromatic N) is 1. The van der Waals surface area contributed by atoms with Gasteiger partial charge in [-0.2, -0.15) is 0 Å². The Kier molecular flexibility index (Phi) is 2.11. The van der Waals surface area contributed by atoms with Crippen LogP contribution in [-0.2, 0) is 5.67 Å². The Morgan fingerprint density at radius 3 is 2.79 bits per heavy atom. The van der Waals surface area contributed by atoms with E-state index in [1.54, 1.807) is 0 Å². The molecular formula is C9H10F2N2O. The molecule has 0 amide bonds. The molecule has 0 unspecified atom stereocenters. The topological polar surface area (TPSA) is 34.1 Å². The zero-order chi connectivity index (χ0) is 10.2. The van der Waals surface area contributed by atoms with E-state index in [0.717, 1.165) is 0 Å². The lowest BCUT2D eigenvalue weighted by molar-refractivity contribution is 0.0837. The molecule has 0 aromatic carbocycles. The van der Waals surface area contributed by atoms with E-state index in [1.165, 1.54) is 19.4 Å². The van der Waals surface area contributed by atoms with Gasteiger partial charge in [0.15, 0.2) is 11.5 Å². The highest BCUT2D eigenvalue weighted by Gasteiger charge is 2.41. The zero-order valence-corrected chi connectivity index (χ0v) is 7.68. The van der Waals surface area contributed by atoms with Gasteiger partial charge in [-0.05, 0) is 6.07 Å². The minimum atomic E-state index is -1.61. The molecule has 76 valence electrons. The van der Waals surface area contributed by atoms with Gasteiger partial charge in [0.25, 0.3) is 0 Å². The Morgan fingerprint density at radius 2 is 2.29 bits per heavy atom.